The van der Waals surface area contributed by atoms with E-state index in [4.69, 9.17) is 0 Å². The average Bonchev–Trinajstić information content (AvgIpc) is 3.02. The first kappa shape index (κ1) is 21.6. The van der Waals surface area contributed by atoms with Gasteiger partial charge in [-0.1, -0.05) is 63.2 Å². The third-order valence-corrected chi connectivity index (χ3v) is 5.15. The topological polar surface area (TPSA) is 77.1 Å². The average molecular weight is 408 g/mol. The maximum absolute atomic E-state index is 12.9. The summed E-state index contributed by atoms with van der Waals surface area (Å²) in [6.45, 7) is 7.44. The van der Waals surface area contributed by atoms with Crippen LogP contribution in [0.3, 0.4) is 0 Å². The van der Waals surface area contributed by atoms with E-state index in [1.165, 1.54) is 0 Å². The lowest BCUT2D eigenvalue weighted by Crippen LogP contribution is -2.26. The number of carbonyl (C=O) groups is 1. The Kier molecular flexibility index (Phi) is 6.87. The summed E-state index contributed by atoms with van der Waals surface area (Å²) in [4.78, 5) is 24.4. The van der Waals surface area contributed by atoms with Crippen LogP contribution in [-0.4, -0.2) is 25.4 Å². The predicted octanol–water partition coefficient (Wildman–Crippen LogP) is 4.46. The number of hydrogen-bond donors (Lipinski definition) is 1. The summed E-state index contributed by atoms with van der Waals surface area (Å²) in [5.74, 6) is 0.378. The Morgan fingerprint density at radius 3 is 2.43 bits per heavy atom. The summed E-state index contributed by atoms with van der Waals surface area (Å²) in [7, 11) is 0. The van der Waals surface area contributed by atoms with E-state index in [0.29, 0.717) is 24.6 Å². The lowest BCUT2D eigenvalue weighted by atomic mass is 9.99. The number of aryl methyl sites for hydroxylation is 2. The molecule has 0 saturated heterocycles. The van der Waals surface area contributed by atoms with Crippen molar-refractivity contribution in [1.29, 1.82) is 0 Å². The Labute approximate surface area is 176 Å². The van der Waals surface area contributed by atoms with Crippen LogP contribution >= 0.6 is 0 Å². The molecule has 3 aromatic rings. The molecule has 0 spiro atoms. The minimum atomic E-state index is -0.945. The van der Waals surface area contributed by atoms with Crippen LogP contribution in [0.1, 0.15) is 55.4 Å². The largest absolute Gasteiger partial charge is 0.478 e. The summed E-state index contributed by atoms with van der Waals surface area (Å²) < 4.78 is 3.34. The fraction of sp³-hybridized carbons (Fsp3) is 0.375. The molecule has 0 fully saturated rings. The number of hydrogen-bond acceptors (Lipinski definition) is 3. The van der Waals surface area contributed by atoms with Crippen LogP contribution in [0, 0.1) is 5.92 Å². The molecule has 6 heteroatoms. The zero-order valence-corrected chi connectivity index (χ0v) is 17.8. The normalized spacial score (nSPS) is 11.2. The Hall–Kier alpha value is -3.15. The molecular formula is C24H29N3O3. The molecule has 30 heavy (non-hydrogen) atoms. The van der Waals surface area contributed by atoms with Gasteiger partial charge in [0.05, 0.1) is 12.1 Å². The second-order valence-electron chi connectivity index (χ2n) is 7.99. The maximum atomic E-state index is 12.9. The van der Waals surface area contributed by atoms with Gasteiger partial charge >= 0.3 is 11.7 Å². The van der Waals surface area contributed by atoms with E-state index >= 15 is 0 Å². The second kappa shape index (κ2) is 9.57. The van der Waals surface area contributed by atoms with Gasteiger partial charge in [-0.15, -0.1) is 0 Å². The highest BCUT2D eigenvalue weighted by molar-refractivity contribution is 5.95. The molecule has 0 bridgehead atoms. The molecular weight excluding hydrogens is 378 g/mol. The molecule has 0 aliphatic carbocycles. The molecule has 0 radical (unpaired) electrons. The van der Waals surface area contributed by atoms with Crippen molar-refractivity contribution in [2.45, 2.75) is 53.1 Å². The molecule has 0 unspecified atom stereocenters. The lowest BCUT2D eigenvalue weighted by Gasteiger charge is -2.09. The highest BCUT2D eigenvalue weighted by Crippen LogP contribution is 2.24. The van der Waals surface area contributed by atoms with Gasteiger partial charge in [0.2, 0.25) is 0 Å². The number of rotatable bonds is 9. The monoisotopic (exact) mass is 407 g/mol. The van der Waals surface area contributed by atoms with E-state index in [-0.39, 0.29) is 11.3 Å². The molecule has 0 saturated carbocycles. The number of carboxylic acids is 1. The van der Waals surface area contributed by atoms with Crippen molar-refractivity contribution in [3.05, 3.63) is 76.0 Å². The number of benzene rings is 2. The Bertz CT molecular complexity index is 1060. The van der Waals surface area contributed by atoms with Crippen LogP contribution < -0.4 is 5.69 Å². The van der Waals surface area contributed by atoms with Crippen LogP contribution in [0.15, 0.2) is 53.3 Å². The molecule has 3 rings (SSSR count). The summed E-state index contributed by atoms with van der Waals surface area (Å²) in [5.41, 5.74) is 2.71. The minimum Gasteiger partial charge on any atom is -0.478 e. The van der Waals surface area contributed by atoms with Crippen LogP contribution in [0.2, 0.25) is 0 Å². The van der Waals surface area contributed by atoms with Crippen LogP contribution in [0.5, 0.6) is 0 Å². The van der Waals surface area contributed by atoms with E-state index < -0.39 is 5.97 Å². The highest BCUT2D eigenvalue weighted by Gasteiger charge is 2.14. The first-order valence-electron chi connectivity index (χ1n) is 10.5. The molecule has 1 N–H and O–H groups in total. The van der Waals surface area contributed by atoms with E-state index in [1.807, 2.05) is 30.3 Å². The molecule has 0 amide bonds. The van der Waals surface area contributed by atoms with Crippen molar-refractivity contribution in [1.82, 2.24) is 14.3 Å². The summed E-state index contributed by atoms with van der Waals surface area (Å²) >= 11 is 0. The predicted molar refractivity (Wildman–Crippen MR) is 118 cm³/mol. The SMILES string of the molecule is CCCc1nn(CCC(C)C)c(=O)n1Cc1ccc(-c2ccccc2C(=O)O)cc1. The van der Waals surface area contributed by atoms with Gasteiger partial charge in [-0.2, -0.15) is 5.10 Å². The third kappa shape index (κ3) is 4.87. The Balaban J connectivity index is 1.87. The van der Waals surface area contributed by atoms with E-state index in [0.717, 1.165) is 36.2 Å². The van der Waals surface area contributed by atoms with Crippen molar-refractivity contribution in [3.63, 3.8) is 0 Å². The van der Waals surface area contributed by atoms with Gasteiger partial charge in [0.15, 0.2) is 0 Å². The Morgan fingerprint density at radius 1 is 1.10 bits per heavy atom. The van der Waals surface area contributed by atoms with Gasteiger partial charge in [0, 0.05) is 13.0 Å². The molecule has 0 aliphatic heterocycles. The zero-order valence-electron chi connectivity index (χ0n) is 17.8. The van der Waals surface area contributed by atoms with Crippen molar-refractivity contribution in [2.24, 2.45) is 5.92 Å². The molecule has 1 heterocycles. The first-order chi connectivity index (χ1) is 14.4. The fourth-order valence-electron chi connectivity index (χ4n) is 3.47. The molecule has 0 atom stereocenters. The van der Waals surface area contributed by atoms with E-state index in [9.17, 15) is 14.7 Å². The highest BCUT2D eigenvalue weighted by atomic mass is 16.4. The maximum Gasteiger partial charge on any atom is 0.346 e. The van der Waals surface area contributed by atoms with E-state index in [2.05, 4.69) is 25.9 Å². The van der Waals surface area contributed by atoms with Crippen molar-refractivity contribution in [2.75, 3.05) is 0 Å². The minimum absolute atomic E-state index is 0.0700. The molecule has 158 valence electrons. The summed E-state index contributed by atoms with van der Waals surface area (Å²) in [5, 5.41) is 14.0. The third-order valence-electron chi connectivity index (χ3n) is 5.15. The van der Waals surface area contributed by atoms with Crippen molar-refractivity contribution < 1.29 is 9.90 Å². The number of nitrogens with zero attached hydrogens (tertiary/aromatic N) is 3. The van der Waals surface area contributed by atoms with Crippen LogP contribution in [-0.2, 0) is 19.5 Å². The molecule has 1 aromatic heterocycles. The van der Waals surface area contributed by atoms with Crippen molar-refractivity contribution in [3.8, 4) is 11.1 Å². The first-order valence-corrected chi connectivity index (χ1v) is 10.5. The van der Waals surface area contributed by atoms with Gasteiger partial charge in [0.25, 0.3) is 0 Å². The van der Waals surface area contributed by atoms with Gasteiger partial charge in [-0.25, -0.2) is 14.3 Å². The van der Waals surface area contributed by atoms with E-state index in [1.54, 1.807) is 27.4 Å². The lowest BCUT2D eigenvalue weighted by molar-refractivity contribution is 0.0697. The van der Waals surface area contributed by atoms with Gasteiger partial charge in [-0.3, -0.25) is 4.57 Å². The fourth-order valence-corrected chi connectivity index (χ4v) is 3.47. The summed E-state index contributed by atoms with van der Waals surface area (Å²) in [6, 6.07) is 14.7. The molecule has 0 aliphatic rings. The summed E-state index contributed by atoms with van der Waals surface area (Å²) in [6.07, 6.45) is 2.60. The number of carboxylic acid groups (broad SMARTS) is 1. The van der Waals surface area contributed by atoms with Gasteiger partial charge in [0.1, 0.15) is 5.82 Å². The van der Waals surface area contributed by atoms with Crippen LogP contribution in [0.4, 0.5) is 0 Å². The standard InChI is InChI=1S/C24H29N3O3/c1-4-7-22-25-27(15-14-17(2)3)24(30)26(22)16-18-10-12-19(13-11-18)20-8-5-6-9-21(20)23(28)29/h5-6,8-13,17H,4,7,14-16H2,1-3H3,(H,28,29). The second-order valence-corrected chi connectivity index (χ2v) is 7.99. The van der Waals surface area contributed by atoms with Gasteiger partial charge in [-0.05, 0) is 41.5 Å². The van der Waals surface area contributed by atoms with Gasteiger partial charge < -0.3 is 5.11 Å². The number of aromatic nitrogens is 3. The molecule has 2 aromatic carbocycles. The smallest absolute Gasteiger partial charge is 0.346 e. The molecule has 6 nitrogen and oxygen atoms in total. The van der Waals surface area contributed by atoms with Crippen molar-refractivity contribution >= 4 is 5.97 Å². The zero-order chi connectivity index (χ0) is 21.7. The Morgan fingerprint density at radius 2 is 1.80 bits per heavy atom. The van der Waals surface area contributed by atoms with Crippen LogP contribution in [0.25, 0.3) is 11.1 Å². The quantitative estimate of drug-likeness (QED) is 0.568. The number of aromatic carboxylic acids is 1.